The number of nitrogens with one attached hydrogen (secondary N) is 1. The van der Waals surface area contributed by atoms with Crippen molar-refractivity contribution in [3.8, 4) is 17.0 Å². The number of hydrogen-bond donors (Lipinski definition) is 1. The minimum atomic E-state index is -0.417. The summed E-state index contributed by atoms with van der Waals surface area (Å²) in [6.45, 7) is 0. The van der Waals surface area contributed by atoms with Gasteiger partial charge in [0, 0.05) is 23.1 Å². The topological polar surface area (TPSA) is 77.3 Å². The Hall–Kier alpha value is -2.45. The Bertz CT molecular complexity index is 837. The standard InChI is InChI=1S/C16H13N3O3S.BrH/c1-22-15-5-3-2-4-13(15)17-16-18-14(10-23-16)11-6-8-12(9-7-11)19(20)21;/h2-10H,1H3,(H,17,18);1H. The molecule has 0 unspecified atom stereocenters. The summed E-state index contributed by atoms with van der Waals surface area (Å²) in [5.41, 5.74) is 2.50. The van der Waals surface area contributed by atoms with E-state index in [-0.39, 0.29) is 22.7 Å². The lowest BCUT2D eigenvalue weighted by atomic mass is 10.1. The van der Waals surface area contributed by atoms with Gasteiger partial charge in [-0.1, -0.05) is 12.1 Å². The summed E-state index contributed by atoms with van der Waals surface area (Å²) >= 11 is 1.46. The number of anilines is 2. The molecule has 0 aliphatic heterocycles. The van der Waals surface area contributed by atoms with Crippen LogP contribution in [0, 0.1) is 10.1 Å². The second-order valence-corrected chi connectivity index (χ2v) is 5.53. The van der Waals surface area contributed by atoms with E-state index in [1.165, 1.54) is 23.5 Å². The largest absolute Gasteiger partial charge is 0.495 e. The van der Waals surface area contributed by atoms with E-state index >= 15 is 0 Å². The molecule has 1 heterocycles. The molecule has 124 valence electrons. The normalized spacial score (nSPS) is 9.88. The Labute approximate surface area is 153 Å². The van der Waals surface area contributed by atoms with Crippen LogP contribution in [0.2, 0.25) is 0 Å². The first-order valence-electron chi connectivity index (χ1n) is 6.78. The number of aromatic nitrogens is 1. The van der Waals surface area contributed by atoms with Gasteiger partial charge in [-0.3, -0.25) is 10.1 Å². The molecule has 0 atom stereocenters. The molecule has 0 spiro atoms. The lowest BCUT2D eigenvalue weighted by Gasteiger charge is -2.08. The summed E-state index contributed by atoms with van der Waals surface area (Å²) in [6.07, 6.45) is 0. The lowest BCUT2D eigenvalue weighted by Crippen LogP contribution is -1.93. The number of nitrogens with zero attached hydrogens (tertiary/aromatic N) is 2. The van der Waals surface area contributed by atoms with Crippen molar-refractivity contribution in [2.75, 3.05) is 12.4 Å². The molecule has 24 heavy (non-hydrogen) atoms. The zero-order valence-electron chi connectivity index (χ0n) is 12.6. The van der Waals surface area contributed by atoms with Crippen molar-refractivity contribution in [2.24, 2.45) is 0 Å². The average Bonchev–Trinajstić information content (AvgIpc) is 3.04. The molecule has 0 amide bonds. The van der Waals surface area contributed by atoms with Crippen LogP contribution in [0.25, 0.3) is 11.3 Å². The van der Waals surface area contributed by atoms with Crippen molar-refractivity contribution in [3.05, 3.63) is 64.0 Å². The third-order valence-electron chi connectivity index (χ3n) is 3.23. The van der Waals surface area contributed by atoms with E-state index in [0.717, 1.165) is 27.8 Å². The van der Waals surface area contributed by atoms with Crippen LogP contribution in [0.15, 0.2) is 53.9 Å². The molecule has 1 aromatic heterocycles. The predicted octanol–water partition coefficient (Wildman–Crippen LogP) is 5.05. The van der Waals surface area contributed by atoms with Crippen LogP contribution < -0.4 is 10.1 Å². The van der Waals surface area contributed by atoms with E-state index in [9.17, 15) is 10.1 Å². The zero-order valence-corrected chi connectivity index (χ0v) is 15.2. The minimum Gasteiger partial charge on any atom is -0.495 e. The Morgan fingerprint density at radius 1 is 1.17 bits per heavy atom. The molecule has 0 aliphatic rings. The molecule has 2 aromatic carbocycles. The molecule has 0 radical (unpaired) electrons. The van der Waals surface area contributed by atoms with Gasteiger partial charge in [-0.2, -0.15) is 0 Å². The number of halogens is 1. The van der Waals surface area contributed by atoms with Crippen LogP contribution in [-0.2, 0) is 0 Å². The minimum absolute atomic E-state index is 0. The molecular formula is C16H14BrN3O3S. The summed E-state index contributed by atoms with van der Waals surface area (Å²) in [5.74, 6) is 0.736. The highest BCUT2D eigenvalue weighted by atomic mass is 79.9. The van der Waals surface area contributed by atoms with Crippen LogP contribution in [0.1, 0.15) is 0 Å². The summed E-state index contributed by atoms with van der Waals surface area (Å²) in [4.78, 5) is 14.8. The highest BCUT2D eigenvalue weighted by Crippen LogP contribution is 2.31. The number of thiazole rings is 1. The van der Waals surface area contributed by atoms with Crippen molar-refractivity contribution in [1.82, 2.24) is 4.98 Å². The maximum Gasteiger partial charge on any atom is 0.269 e. The summed E-state index contributed by atoms with van der Waals surface area (Å²) in [7, 11) is 1.62. The predicted molar refractivity (Wildman–Crippen MR) is 101 cm³/mol. The first-order valence-corrected chi connectivity index (χ1v) is 7.66. The lowest BCUT2D eigenvalue weighted by molar-refractivity contribution is -0.384. The summed E-state index contributed by atoms with van der Waals surface area (Å²) < 4.78 is 5.30. The number of non-ortho nitro benzene ring substituents is 1. The number of benzene rings is 2. The molecular weight excluding hydrogens is 394 g/mol. The molecule has 0 fully saturated rings. The van der Waals surface area contributed by atoms with E-state index in [1.54, 1.807) is 19.2 Å². The van der Waals surface area contributed by atoms with Gasteiger partial charge in [-0.05, 0) is 24.3 Å². The van der Waals surface area contributed by atoms with Gasteiger partial charge in [0.05, 0.1) is 23.4 Å². The van der Waals surface area contributed by atoms with Gasteiger partial charge in [0.25, 0.3) is 5.69 Å². The fourth-order valence-corrected chi connectivity index (χ4v) is 2.81. The van der Waals surface area contributed by atoms with Crippen LogP contribution >= 0.6 is 28.3 Å². The third-order valence-corrected chi connectivity index (χ3v) is 3.98. The molecule has 3 aromatic rings. The van der Waals surface area contributed by atoms with Crippen LogP contribution in [0.5, 0.6) is 5.75 Å². The quantitative estimate of drug-likeness (QED) is 0.472. The van der Waals surface area contributed by atoms with Crippen LogP contribution in [0.4, 0.5) is 16.5 Å². The van der Waals surface area contributed by atoms with E-state index in [0.29, 0.717) is 0 Å². The molecule has 0 bridgehead atoms. The first-order chi connectivity index (χ1) is 11.2. The number of nitro benzene ring substituents is 1. The molecule has 0 aliphatic carbocycles. The second-order valence-electron chi connectivity index (χ2n) is 4.67. The summed E-state index contributed by atoms with van der Waals surface area (Å²) in [6, 6.07) is 13.9. The number of rotatable bonds is 5. The van der Waals surface area contributed by atoms with E-state index < -0.39 is 4.92 Å². The maximum atomic E-state index is 10.7. The number of para-hydroxylation sites is 2. The van der Waals surface area contributed by atoms with Crippen LogP contribution in [-0.4, -0.2) is 17.0 Å². The van der Waals surface area contributed by atoms with Gasteiger partial charge < -0.3 is 10.1 Å². The fourth-order valence-electron chi connectivity index (χ4n) is 2.08. The number of nitro groups is 1. The Morgan fingerprint density at radius 3 is 2.54 bits per heavy atom. The Balaban J connectivity index is 0.00000208. The first kappa shape index (κ1) is 17.9. The highest BCUT2D eigenvalue weighted by molar-refractivity contribution is 8.93. The van der Waals surface area contributed by atoms with Gasteiger partial charge in [0.2, 0.25) is 0 Å². The van der Waals surface area contributed by atoms with Crippen molar-refractivity contribution < 1.29 is 9.66 Å². The maximum absolute atomic E-state index is 10.7. The van der Waals surface area contributed by atoms with Gasteiger partial charge in [0.15, 0.2) is 5.13 Å². The molecule has 0 saturated heterocycles. The van der Waals surface area contributed by atoms with Crippen molar-refractivity contribution >= 4 is 44.8 Å². The molecule has 1 N–H and O–H groups in total. The number of ether oxygens (including phenoxy) is 1. The molecule has 8 heteroatoms. The van der Waals surface area contributed by atoms with Gasteiger partial charge in [-0.15, -0.1) is 28.3 Å². The summed E-state index contributed by atoms with van der Waals surface area (Å²) in [5, 5.41) is 16.5. The van der Waals surface area contributed by atoms with Crippen molar-refractivity contribution in [2.45, 2.75) is 0 Å². The van der Waals surface area contributed by atoms with Gasteiger partial charge in [0.1, 0.15) is 5.75 Å². The highest BCUT2D eigenvalue weighted by Gasteiger charge is 2.09. The van der Waals surface area contributed by atoms with Crippen LogP contribution in [0.3, 0.4) is 0 Å². The average molecular weight is 408 g/mol. The van der Waals surface area contributed by atoms with Crippen molar-refractivity contribution in [3.63, 3.8) is 0 Å². The SMILES string of the molecule is Br.COc1ccccc1Nc1nc(-c2ccc([N+](=O)[O-])cc2)cs1. The fraction of sp³-hybridized carbons (Fsp3) is 0.0625. The van der Waals surface area contributed by atoms with Gasteiger partial charge in [-0.25, -0.2) is 4.98 Å². The Morgan fingerprint density at radius 2 is 1.88 bits per heavy atom. The molecule has 0 saturated carbocycles. The second kappa shape index (κ2) is 7.89. The third kappa shape index (κ3) is 3.90. The smallest absolute Gasteiger partial charge is 0.269 e. The number of hydrogen-bond acceptors (Lipinski definition) is 6. The molecule has 3 rings (SSSR count). The zero-order chi connectivity index (χ0) is 16.2. The monoisotopic (exact) mass is 407 g/mol. The molecule has 6 nitrogen and oxygen atoms in total. The van der Waals surface area contributed by atoms with Gasteiger partial charge >= 0.3 is 0 Å². The number of methoxy groups -OCH3 is 1. The van der Waals surface area contributed by atoms with E-state index in [4.69, 9.17) is 4.74 Å². The van der Waals surface area contributed by atoms with E-state index in [1.807, 2.05) is 29.6 Å². The van der Waals surface area contributed by atoms with Crippen molar-refractivity contribution in [1.29, 1.82) is 0 Å². The van der Waals surface area contributed by atoms with E-state index in [2.05, 4.69) is 10.3 Å². The Kier molecular flexibility index (Phi) is 5.88.